The number of carboxylic acid groups (broad SMARTS) is 1. The van der Waals surface area contributed by atoms with E-state index in [-0.39, 0.29) is 16.5 Å². The van der Waals surface area contributed by atoms with Gasteiger partial charge in [-0.1, -0.05) is 26.0 Å². The van der Waals surface area contributed by atoms with Crippen LogP contribution in [-0.4, -0.2) is 31.5 Å². The number of aromatic carboxylic acids is 1. The average Bonchev–Trinajstić information content (AvgIpc) is 2.97. The number of aromatic amines is 1. The Morgan fingerprint density at radius 3 is 2.50 bits per heavy atom. The van der Waals surface area contributed by atoms with Gasteiger partial charge in [-0.05, 0) is 29.7 Å². The third-order valence-electron chi connectivity index (χ3n) is 3.45. The van der Waals surface area contributed by atoms with E-state index in [1.807, 2.05) is 26.0 Å². The summed E-state index contributed by atoms with van der Waals surface area (Å²) in [5.74, 6) is -0.923. The summed E-state index contributed by atoms with van der Waals surface area (Å²) < 4.78 is 26.3. The van der Waals surface area contributed by atoms with Crippen LogP contribution < -0.4 is 4.31 Å². The van der Waals surface area contributed by atoms with E-state index >= 15 is 0 Å². The van der Waals surface area contributed by atoms with Gasteiger partial charge in [0.15, 0.2) is 0 Å². The second-order valence-corrected chi connectivity index (χ2v) is 7.25. The third kappa shape index (κ3) is 2.99. The highest BCUT2D eigenvalue weighted by atomic mass is 32.2. The lowest BCUT2D eigenvalue weighted by Crippen LogP contribution is -2.26. The first-order chi connectivity index (χ1) is 10.2. The van der Waals surface area contributed by atoms with Gasteiger partial charge in [0.2, 0.25) is 0 Å². The predicted octanol–water partition coefficient (Wildman–Crippen LogP) is 2.66. The largest absolute Gasteiger partial charge is 0.477 e. The Morgan fingerprint density at radius 1 is 1.27 bits per heavy atom. The van der Waals surface area contributed by atoms with Gasteiger partial charge in [-0.2, -0.15) is 0 Å². The van der Waals surface area contributed by atoms with E-state index in [1.165, 1.54) is 13.2 Å². The van der Waals surface area contributed by atoms with Crippen LogP contribution in [0.15, 0.2) is 41.4 Å². The smallest absolute Gasteiger partial charge is 0.352 e. The van der Waals surface area contributed by atoms with Crippen molar-refractivity contribution in [3.8, 4) is 0 Å². The van der Waals surface area contributed by atoms with Crippen molar-refractivity contribution in [1.29, 1.82) is 0 Å². The summed E-state index contributed by atoms with van der Waals surface area (Å²) in [7, 11) is -2.36. The van der Waals surface area contributed by atoms with Crippen LogP contribution in [0.5, 0.6) is 0 Å². The first-order valence-electron chi connectivity index (χ1n) is 6.74. The van der Waals surface area contributed by atoms with Gasteiger partial charge in [0.05, 0.1) is 5.69 Å². The lowest BCUT2D eigenvalue weighted by Gasteiger charge is -2.20. The quantitative estimate of drug-likeness (QED) is 0.885. The number of sulfonamides is 1. The summed E-state index contributed by atoms with van der Waals surface area (Å²) in [6.07, 6.45) is 1.18. The number of hydrogen-bond acceptors (Lipinski definition) is 3. The van der Waals surface area contributed by atoms with Crippen molar-refractivity contribution in [2.24, 2.45) is 0 Å². The normalized spacial score (nSPS) is 11.6. The standard InChI is InChI=1S/C15H18N2O4S/c1-10(2)11-5-4-6-12(7-11)17(3)22(20,21)13-8-14(15(18)19)16-9-13/h4-10,16H,1-3H3,(H,18,19). The van der Waals surface area contributed by atoms with Crippen molar-refractivity contribution in [1.82, 2.24) is 4.98 Å². The zero-order valence-electron chi connectivity index (χ0n) is 12.6. The molecule has 0 bridgehead atoms. The van der Waals surface area contributed by atoms with Gasteiger partial charge < -0.3 is 10.1 Å². The first kappa shape index (κ1) is 16.1. The molecule has 0 unspecified atom stereocenters. The molecule has 22 heavy (non-hydrogen) atoms. The zero-order chi connectivity index (χ0) is 16.5. The molecular formula is C15H18N2O4S. The van der Waals surface area contributed by atoms with E-state index in [4.69, 9.17) is 5.11 Å². The highest BCUT2D eigenvalue weighted by Gasteiger charge is 2.24. The van der Waals surface area contributed by atoms with Crippen LogP contribution in [0.3, 0.4) is 0 Å². The summed E-state index contributed by atoms with van der Waals surface area (Å²) in [5.41, 5.74) is 1.40. The number of aromatic nitrogens is 1. The minimum absolute atomic E-state index is 0.0812. The second-order valence-electron chi connectivity index (χ2n) is 5.28. The van der Waals surface area contributed by atoms with E-state index in [0.717, 1.165) is 15.9 Å². The minimum atomic E-state index is -3.81. The lowest BCUT2D eigenvalue weighted by atomic mass is 10.0. The molecule has 0 saturated carbocycles. The number of hydrogen-bond donors (Lipinski definition) is 2. The predicted molar refractivity (Wildman–Crippen MR) is 83.9 cm³/mol. The van der Waals surface area contributed by atoms with E-state index in [9.17, 15) is 13.2 Å². The molecular weight excluding hydrogens is 304 g/mol. The van der Waals surface area contributed by atoms with Crippen molar-refractivity contribution >= 4 is 21.7 Å². The molecule has 0 aliphatic rings. The molecule has 1 heterocycles. The fraction of sp³-hybridized carbons (Fsp3) is 0.267. The highest BCUT2D eigenvalue weighted by molar-refractivity contribution is 7.92. The van der Waals surface area contributed by atoms with Gasteiger partial charge in [-0.15, -0.1) is 0 Å². The van der Waals surface area contributed by atoms with Crippen LogP contribution in [0.2, 0.25) is 0 Å². The molecule has 0 radical (unpaired) electrons. The molecule has 6 nitrogen and oxygen atoms in total. The Bertz CT molecular complexity index is 793. The van der Waals surface area contributed by atoms with Crippen LogP contribution in [0.25, 0.3) is 0 Å². The molecule has 118 valence electrons. The molecule has 2 N–H and O–H groups in total. The monoisotopic (exact) mass is 322 g/mol. The van der Waals surface area contributed by atoms with Crippen LogP contribution in [0, 0.1) is 0 Å². The van der Waals surface area contributed by atoms with E-state index in [0.29, 0.717) is 5.69 Å². The fourth-order valence-corrected chi connectivity index (χ4v) is 3.21. The van der Waals surface area contributed by atoms with Crippen molar-refractivity contribution in [2.75, 3.05) is 11.4 Å². The van der Waals surface area contributed by atoms with Crippen LogP contribution >= 0.6 is 0 Å². The number of carbonyl (C=O) groups is 1. The van der Waals surface area contributed by atoms with Gasteiger partial charge >= 0.3 is 5.97 Å². The molecule has 0 fully saturated rings. The first-order valence-corrected chi connectivity index (χ1v) is 8.18. The van der Waals surface area contributed by atoms with Crippen LogP contribution in [0.4, 0.5) is 5.69 Å². The molecule has 2 aromatic rings. The number of H-pyrrole nitrogens is 1. The Balaban J connectivity index is 2.40. The molecule has 2 rings (SSSR count). The maximum Gasteiger partial charge on any atom is 0.352 e. The minimum Gasteiger partial charge on any atom is -0.477 e. The van der Waals surface area contributed by atoms with Gasteiger partial charge in [0.1, 0.15) is 10.6 Å². The summed E-state index contributed by atoms with van der Waals surface area (Å²) in [5, 5.41) is 8.88. The third-order valence-corrected chi connectivity index (χ3v) is 5.21. The van der Waals surface area contributed by atoms with Crippen molar-refractivity contribution in [2.45, 2.75) is 24.7 Å². The summed E-state index contributed by atoms with van der Waals surface area (Å²) in [6, 6.07) is 8.37. The van der Waals surface area contributed by atoms with Gasteiger partial charge in [0.25, 0.3) is 10.0 Å². The summed E-state index contributed by atoms with van der Waals surface area (Å²) >= 11 is 0. The highest BCUT2D eigenvalue weighted by Crippen LogP contribution is 2.25. The Kier molecular flexibility index (Phi) is 4.27. The number of nitrogens with one attached hydrogen (secondary N) is 1. The van der Waals surface area contributed by atoms with Crippen LogP contribution in [-0.2, 0) is 10.0 Å². The Hall–Kier alpha value is -2.28. The van der Waals surface area contributed by atoms with Gasteiger partial charge in [-0.25, -0.2) is 13.2 Å². The molecule has 1 aromatic heterocycles. The summed E-state index contributed by atoms with van der Waals surface area (Å²) in [4.78, 5) is 13.2. The molecule has 1 aromatic carbocycles. The van der Waals surface area contributed by atoms with E-state index in [1.54, 1.807) is 12.1 Å². The maximum absolute atomic E-state index is 12.6. The molecule has 0 atom stereocenters. The Morgan fingerprint density at radius 2 is 1.95 bits per heavy atom. The SMILES string of the molecule is CC(C)c1cccc(N(C)S(=O)(=O)c2c[nH]c(C(=O)O)c2)c1. The number of carboxylic acids is 1. The van der Waals surface area contributed by atoms with Crippen molar-refractivity contribution in [3.05, 3.63) is 47.8 Å². The number of anilines is 1. The number of benzene rings is 1. The maximum atomic E-state index is 12.6. The Labute approximate surface area is 129 Å². The second kappa shape index (κ2) is 5.84. The topological polar surface area (TPSA) is 90.5 Å². The van der Waals surface area contributed by atoms with Crippen molar-refractivity contribution in [3.63, 3.8) is 0 Å². The zero-order valence-corrected chi connectivity index (χ0v) is 13.4. The lowest BCUT2D eigenvalue weighted by molar-refractivity contribution is 0.0691. The molecule has 0 aliphatic carbocycles. The molecule has 7 heteroatoms. The van der Waals surface area contributed by atoms with Crippen molar-refractivity contribution < 1.29 is 18.3 Å². The summed E-state index contributed by atoms with van der Waals surface area (Å²) in [6.45, 7) is 4.05. The van der Waals surface area contributed by atoms with E-state index < -0.39 is 16.0 Å². The fourth-order valence-electron chi connectivity index (χ4n) is 2.02. The number of rotatable bonds is 5. The number of nitrogens with zero attached hydrogens (tertiary/aromatic N) is 1. The van der Waals surface area contributed by atoms with Crippen LogP contribution in [0.1, 0.15) is 35.8 Å². The molecule has 0 spiro atoms. The molecule has 0 amide bonds. The van der Waals surface area contributed by atoms with E-state index in [2.05, 4.69) is 4.98 Å². The average molecular weight is 322 g/mol. The van der Waals surface area contributed by atoms with Gasteiger partial charge in [-0.3, -0.25) is 4.31 Å². The van der Waals surface area contributed by atoms with Gasteiger partial charge in [0, 0.05) is 13.2 Å². The molecule has 0 aliphatic heterocycles. The molecule has 0 saturated heterocycles.